The molecule has 0 bridgehead atoms. The molecule has 0 unspecified atom stereocenters. The first-order valence-corrected chi connectivity index (χ1v) is 7.69. The largest absolute Gasteiger partial charge is 0.324 e. The van der Waals surface area contributed by atoms with Gasteiger partial charge in [-0.2, -0.15) is 0 Å². The fourth-order valence-electron chi connectivity index (χ4n) is 2.71. The average molecular weight is 328 g/mol. The van der Waals surface area contributed by atoms with Crippen LogP contribution < -0.4 is 10.2 Å². The molecule has 2 aromatic rings. The van der Waals surface area contributed by atoms with Gasteiger partial charge >= 0.3 is 0 Å². The summed E-state index contributed by atoms with van der Waals surface area (Å²) < 4.78 is 13.0. The molecule has 0 saturated carbocycles. The molecule has 0 aromatic heterocycles. The molecule has 2 rings (SSSR count). The van der Waals surface area contributed by atoms with Gasteiger partial charge in [-0.3, -0.25) is 9.59 Å². The van der Waals surface area contributed by atoms with Crippen LogP contribution in [0.2, 0.25) is 0 Å². The monoisotopic (exact) mass is 328 g/mol. The summed E-state index contributed by atoms with van der Waals surface area (Å²) in [6, 6.07) is 9.46. The molecule has 4 nitrogen and oxygen atoms in total. The van der Waals surface area contributed by atoms with E-state index in [1.54, 1.807) is 0 Å². The quantitative estimate of drug-likeness (QED) is 0.929. The maximum Gasteiger partial charge on any atom is 0.244 e. The number of carbonyl (C=O) groups is 2. The van der Waals surface area contributed by atoms with E-state index in [0.717, 1.165) is 22.4 Å². The number of rotatable bonds is 4. The summed E-state index contributed by atoms with van der Waals surface area (Å²) in [6.07, 6.45) is 0. The number of aryl methyl sites for hydroxylation is 3. The third kappa shape index (κ3) is 4.19. The van der Waals surface area contributed by atoms with E-state index in [9.17, 15) is 14.0 Å². The summed E-state index contributed by atoms with van der Waals surface area (Å²) in [6.45, 7) is 7.10. The zero-order chi connectivity index (χ0) is 17.9. The van der Waals surface area contributed by atoms with E-state index < -0.39 is 5.82 Å². The molecular formula is C19H21FN2O2. The summed E-state index contributed by atoms with van der Waals surface area (Å²) in [5.74, 6) is -0.976. The summed E-state index contributed by atoms with van der Waals surface area (Å²) in [7, 11) is 0. The molecule has 0 aliphatic rings. The zero-order valence-electron chi connectivity index (χ0n) is 14.3. The van der Waals surface area contributed by atoms with Crippen LogP contribution in [0.4, 0.5) is 15.8 Å². The number of hydrogen-bond donors (Lipinski definition) is 1. The van der Waals surface area contributed by atoms with Crippen LogP contribution in [0.3, 0.4) is 0 Å². The second-order valence-electron chi connectivity index (χ2n) is 5.90. The standard InChI is InChI=1S/C19H21FN2O2/c1-12-9-13(2)19(14(3)10-12)21-18(24)11-22(15(4)23)17-7-5-16(20)6-8-17/h5-10H,11H2,1-4H3,(H,21,24). The third-order valence-electron chi connectivity index (χ3n) is 3.76. The predicted molar refractivity (Wildman–Crippen MR) is 93.7 cm³/mol. The van der Waals surface area contributed by atoms with Crippen molar-refractivity contribution in [3.05, 3.63) is 58.9 Å². The Morgan fingerprint density at radius 1 is 1.04 bits per heavy atom. The number of benzene rings is 2. The van der Waals surface area contributed by atoms with E-state index in [2.05, 4.69) is 5.32 Å². The summed E-state index contributed by atoms with van der Waals surface area (Å²) in [5.41, 5.74) is 4.30. The van der Waals surface area contributed by atoms with Gasteiger partial charge in [-0.05, 0) is 56.2 Å². The van der Waals surface area contributed by atoms with Crippen molar-refractivity contribution in [1.29, 1.82) is 0 Å². The topological polar surface area (TPSA) is 49.4 Å². The Morgan fingerprint density at radius 2 is 1.58 bits per heavy atom. The number of nitrogens with zero attached hydrogens (tertiary/aromatic N) is 1. The van der Waals surface area contributed by atoms with Gasteiger partial charge in [0.2, 0.25) is 11.8 Å². The molecule has 24 heavy (non-hydrogen) atoms. The molecule has 126 valence electrons. The van der Waals surface area contributed by atoms with Crippen LogP contribution in [0.15, 0.2) is 36.4 Å². The Balaban J connectivity index is 2.17. The number of anilines is 2. The van der Waals surface area contributed by atoms with Crippen LogP contribution in [-0.4, -0.2) is 18.4 Å². The van der Waals surface area contributed by atoms with Gasteiger partial charge in [0, 0.05) is 18.3 Å². The summed E-state index contributed by atoms with van der Waals surface area (Å²) in [4.78, 5) is 25.5. The molecule has 0 aliphatic heterocycles. The molecule has 0 fully saturated rings. The van der Waals surface area contributed by atoms with E-state index in [4.69, 9.17) is 0 Å². The number of nitrogens with one attached hydrogen (secondary N) is 1. The first kappa shape index (κ1) is 17.7. The van der Waals surface area contributed by atoms with E-state index in [1.165, 1.54) is 36.1 Å². The Morgan fingerprint density at radius 3 is 2.08 bits per heavy atom. The minimum atomic E-state index is -0.391. The molecule has 0 heterocycles. The van der Waals surface area contributed by atoms with Gasteiger partial charge in [-0.25, -0.2) is 4.39 Å². The van der Waals surface area contributed by atoms with Crippen molar-refractivity contribution in [2.45, 2.75) is 27.7 Å². The van der Waals surface area contributed by atoms with Gasteiger partial charge in [0.05, 0.1) is 0 Å². The highest BCUT2D eigenvalue weighted by Crippen LogP contribution is 2.22. The predicted octanol–water partition coefficient (Wildman–Crippen LogP) is 3.74. The molecule has 0 radical (unpaired) electrons. The molecule has 0 spiro atoms. The highest BCUT2D eigenvalue weighted by atomic mass is 19.1. The van der Waals surface area contributed by atoms with Gasteiger partial charge in [-0.15, -0.1) is 0 Å². The molecular weight excluding hydrogens is 307 g/mol. The van der Waals surface area contributed by atoms with Gasteiger partial charge in [0.1, 0.15) is 12.4 Å². The lowest BCUT2D eigenvalue weighted by atomic mass is 10.1. The van der Waals surface area contributed by atoms with Crippen molar-refractivity contribution in [3.63, 3.8) is 0 Å². The maximum absolute atomic E-state index is 13.0. The lowest BCUT2D eigenvalue weighted by Crippen LogP contribution is -2.36. The fraction of sp³-hybridized carbons (Fsp3) is 0.263. The van der Waals surface area contributed by atoms with E-state index in [1.807, 2.05) is 32.9 Å². The molecule has 0 aliphatic carbocycles. The molecule has 0 atom stereocenters. The van der Waals surface area contributed by atoms with Crippen molar-refractivity contribution in [1.82, 2.24) is 0 Å². The Kier molecular flexibility index (Phi) is 5.34. The van der Waals surface area contributed by atoms with Gasteiger partial charge in [0.25, 0.3) is 0 Å². The number of amides is 2. The zero-order valence-corrected chi connectivity index (χ0v) is 14.3. The van der Waals surface area contributed by atoms with Crippen molar-refractivity contribution in [2.24, 2.45) is 0 Å². The number of carbonyl (C=O) groups excluding carboxylic acids is 2. The lowest BCUT2D eigenvalue weighted by molar-refractivity contribution is -0.120. The second kappa shape index (κ2) is 7.25. The van der Waals surface area contributed by atoms with Crippen LogP contribution >= 0.6 is 0 Å². The normalized spacial score (nSPS) is 10.4. The van der Waals surface area contributed by atoms with E-state index in [-0.39, 0.29) is 18.4 Å². The maximum atomic E-state index is 13.0. The Hall–Kier alpha value is -2.69. The molecule has 2 amide bonds. The van der Waals surface area contributed by atoms with Gasteiger partial charge in [-0.1, -0.05) is 17.7 Å². The summed E-state index contributed by atoms with van der Waals surface area (Å²) in [5, 5.41) is 2.87. The highest BCUT2D eigenvalue weighted by Gasteiger charge is 2.17. The SMILES string of the molecule is CC(=O)N(CC(=O)Nc1c(C)cc(C)cc1C)c1ccc(F)cc1. The van der Waals surface area contributed by atoms with Gasteiger partial charge in [0.15, 0.2) is 0 Å². The summed E-state index contributed by atoms with van der Waals surface area (Å²) >= 11 is 0. The Bertz CT molecular complexity index is 746. The van der Waals surface area contributed by atoms with Crippen molar-refractivity contribution in [2.75, 3.05) is 16.8 Å². The third-order valence-corrected chi connectivity index (χ3v) is 3.76. The number of halogens is 1. The minimum Gasteiger partial charge on any atom is -0.324 e. The lowest BCUT2D eigenvalue weighted by Gasteiger charge is -2.21. The van der Waals surface area contributed by atoms with Gasteiger partial charge < -0.3 is 10.2 Å². The first-order valence-electron chi connectivity index (χ1n) is 7.69. The smallest absolute Gasteiger partial charge is 0.244 e. The minimum absolute atomic E-state index is 0.131. The van der Waals surface area contributed by atoms with Crippen LogP contribution in [-0.2, 0) is 9.59 Å². The second-order valence-corrected chi connectivity index (χ2v) is 5.90. The molecule has 2 aromatic carbocycles. The first-order chi connectivity index (χ1) is 11.3. The van der Waals surface area contributed by atoms with E-state index >= 15 is 0 Å². The van der Waals surface area contributed by atoms with Crippen molar-refractivity contribution in [3.8, 4) is 0 Å². The van der Waals surface area contributed by atoms with E-state index in [0.29, 0.717) is 5.69 Å². The van der Waals surface area contributed by atoms with Crippen LogP contribution in [0, 0.1) is 26.6 Å². The van der Waals surface area contributed by atoms with Crippen molar-refractivity contribution < 1.29 is 14.0 Å². The molecule has 1 N–H and O–H groups in total. The Labute approximate surface area is 141 Å². The van der Waals surface area contributed by atoms with Crippen LogP contribution in [0.25, 0.3) is 0 Å². The number of hydrogen-bond acceptors (Lipinski definition) is 2. The molecule has 0 saturated heterocycles. The van der Waals surface area contributed by atoms with Crippen LogP contribution in [0.5, 0.6) is 0 Å². The van der Waals surface area contributed by atoms with Crippen LogP contribution in [0.1, 0.15) is 23.6 Å². The highest BCUT2D eigenvalue weighted by molar-refractivity contribution is 6.02. The van der Waals surface area contributed by atoms with Crippen molar-refractivity contribution >= 4 is 23.2 Å². The fourth-order valence-corrected chi connectivity index (χ4v) is 2.71. The average Bonchev–Trinajstić information content (AvgIpc) is 2.49. The molecule has 5 heteroatoms.